The third kappa shape index (κ3) is 5.18. The molecule has 0 spiro atoms. The molecule has 0 radical (unpaired) electrons. The quantitative estimate of drug-likeness (QED) is 0.712. The summed E-state index contributed by atoms with van der Waals surface area (Å²) in [5.74, 6) is 0.483. The summed E-state index contributed by atoms with van der Waals surface area (Å²) in [6, 6.07) is 17.1. The van der Waals surface area contributed by atoms with Gasteiger partial charge in [-0.15, -0.1) is 0 Å². The largest absolute Gasteiger partial charge is 0.316 e. The molecule has 0 heterocycles. The van der Waals surface area contributed by atoms with E-state index in [2.05, 4.69) is 55.6 Å². The third-order valence-corrected chi connectivity index (χ3v) is 4.01. The van der Waals surface area contributed by atoms with Crippen molar-refractivity contribution in [3.05, 3.63) is 70.2 Å². The average Bonchev–Trinajstić information content (AvgIpc) is 2.49. The van der Waals surface area contributed by atoms with Crippen molar-refractivity contribution in [1.82, 2.24) is 5.32 Å². The fourth-order valence-electron chi connectivity index (χ4n) is 2.50. The standard InChI is InChI=1S/C19H24ClN/c1-3-12-21-14-18(17-8-10-19(20)11-9-17)13-16-6-4-15(2)5-7-16/h4-11,18,21H,3,12-14H2,1-2H3. The summed E-state index contributed by atoms with van der Waals surface area (Å²) in [6.07, 6.45) is 2.22. The van der Waals surface area contributed by atoms with Crippen LogP contribution in [0.2, 0.25) is 5.02 Å². The Morgan fingerprint density at radius 2 is 1.67 bits per heavy atom. The Balaban J connectivity index is 2.11. The zero-order valence-corrected chi connectivity index (χ0v) is 13.7. The Bertz CT molecular complexity index is 530. The van der Waals surface area contributed by atoms with Crippen LogP contribution in [0.4, 0.5) is 0 Å². The van der Waals surface area contributed by atoms with Crippen molar-refractivity contribution in [3.63, 3.8) is 0 Å². The molecule has 0 aliphatic heterocycles. The van der Waals surface area contributed by atoms with Crippen molar-refractivity contribution in [2.24, 2.45) is 0 Å². The molecular weight excluding hydrogens is 278 g/mol. The van der Waals surface area contributed by atoms with Gasteiger partial charge in [0.25, 0.3) is 0 Å². The second-order valence-corrected chi connectivity index (χ2v) is 6.08. The molecule has 0 aliphatic carbocycles. The second-order valence-electron chi connectivity index (χ2n) is 5.64. The zero-order chi connectivity index (χ0) is 15.1. The highest BCUT2D eigenvalue weighted by Crippen LogP contribution is 2.22. The summed E-state index contributed by atoms with van der Waals surface area (Å²) in [5, 5.41) is 4.35. The first-order valence-electron chi connectivity index (χ1n) is 7.70. The lowest BCUT2D eigenvalue weighted by Gasteiger charge is -2.18. The van der Waals surface area contributed by atoms with Gasteiger partial charge in [-0.25, -0.2) is 0 Å². The number of rotatable bonds is 7. The molecule has 2 heteroatoms. The minimum absolute atomic E-state index is 0.483. The van der Waals surface area contributed by atoms with Crippen molar-refractivity contribution in [3.8, 4) is 0 Å². The summed E-state index contributed by atoms with van der Waals surface area (Å²) in [6.45, 7) is 6.40. The first kappa shape index (κ1) is 16.1. The molecule has 0 fully saturated rings. The molecular formula is C19H24ClN. The normalized spacial score (nSPS) is 12.3. The predicted molar refractivity (Wildman–Crippen MR) is 92.2 cm³/mol. The molecule has 1 unspecified atom stereocenters. The number of nitrogens with one attached hydrogen (secondary N) is 1. The first-order valence-corrected chi connectivity index (χ1v) is 8.08. The van der Waals surface area contributed by atoms with Crippen molar-refractivity contribution in [1.29, 1.82) is 0 Å². The molecule has 1 atom stereocenters. The monoisotopic (exact) mass is 301 g/mol. The molecule has 0 saturated carbocycles. The molecule has 2 rings (SSSR count). The molecule has 2 aromatic carbocycles. The fraction of sp³-hybridized carbons (Fsp3) is 0.368. The topological polar surface area (TPSA) is 12.0 Å². The smallest absolute Gasteiger partial charge is 0.0406 e. The number of aryl methyl sites for hydroxylation is 1. The Morgan fingerprint density at radius 1 is 1.00 bits per heavy atom. The second kappa shape index (κ2) is 8.21. The number of benzene rings is 2. The molecule has 1 nitrogen and oxygen atoms in total. The lowest BCUT2D eigenvalue weighted by atomic mass is 9.91. The van der Waals surface area contributed by atoms with E-state index in [0.29, 0.717) is 5.92 Å². The lowest BCUT2D eigenvalue weighted by molar-refractivity contribution is 0.576. The van der Waals surface area contributed by atoms with Gasteiger partial charge in [0, 0.05) is 17.5 Å². The molecule has 0 aromatic heterocycles. The van der Waals surface area contributed by atoms with Crippen LogP contribution in [0.1, 0.15) is 36.0 Å². The molecule has 0 amide bonds. The van der Waals surface area contributed by atoms with E-state index < -0.39 is 0 Å². The minimum atomic E-state index is 0.483. The fourth-order valence-corrected chi connectivity index (χ4v) is 2.63. The molecule has 0 aliphatic rings. The van der Waals surface area contributed by atoms with E-state index in [1.165, 1.54) is 16.7 Å². The van der Waals surface area contributed by atoms with Gasteiger partial charge in [0.2, 0.25) is 0 Å². The van der Waals surface area contributed by atoms with E-state index in [0.717, 1.165) is 31.0 Å². The van der Waals surface area contributed by atoms with Crippen molar-refractivity contribution in [2.75, 3.05) is 13.1 Å². The van der Waals surface area contributed by atoms with Crippen LogP contribution in [0.25, 0.3) is 0 Å². The van der Waals surface area contributed by atoms with Crippen LogP contribution in [0, 0.1) is 6.92 Å². The van der Waals surface area contributed by atoms with Gasteiger partial charge in [-0.1, -0.05) is 60.5 Å². The number of hydrogen-bond acceptors (Lipinski definition) is 1. The highest BCUT2D eigenvalue weighted by molar-refractivity contribution is 6.30. The maximum atomic E-state index is 6.01. The van der Waals surface area contributed by atoms with Crippen LogP contribution < -0.4 is 5.32 Å². The van der Waals surface area contributed by atoms with Crippen LogP contribution >= 0.6 is 11.6 Å². The SMILES string of the molecule is CCCNCC(Cc1ccc(C)cc1)c1ccc(Cl)cc1. The first-order chi connectivity index (χ1) is 10.2. The van der Waals surface area contributed by atoms with Gasteiger partial charge in [-0.3, -0.25) is 0 Å². The van der Waals surface area contributed by atoms with Crippen molar-refractivity contribution < 1.29 is 0 Å². The van der Waals surface area contributed by atoms with E-state index in [4.69, 9.17) is 11.6 Å². The average molecular weight is 302 g/mol. The summed E-state index contributed by atoms with van der Waals surface area (Å²) in [7, 11) is 0. The summed E-state index contributed by atoms with van der Waals surface area (Å²) in [4.78, 5) is 0. The van der Waals surface area contributed by atoms with E-state index in [9.17, 15) is 0 Å². The Kier molecular flexibility index (Phi) is 6.28. The third-order valence-electron chi connectivity index (χ3n) is 3.76. The zero-order valence-electron chi connectivity index (χ0n) is 12.9. The van der Waals surface area contributed by atoms with E-state index >= 15 is 0 Å². The van der Waals surface area contributed by atoms with Gasteiger partial charge >= 0.3 is 0 Å². The number of hydrogen-bond donors (Lipinski definition) is 1. The molecule has 21 heavy (non-hydrogen) atoms. The maximum Gasteiger partial charge on any atom is 0.0406 e. The Labute approximate surface area is 133 Å². The van der Waals surface area contributed by atoms with Gasteiger partial charge in [0.05, 0.1) is 0 Å². The molecule has 0 saturated heterocycles. The van der Waals surface area contributed by atoms with Crippen LogP contribution in [-0.2, 0) is 6.42 Å². The Hall–Kier alpha value is -1.31. The van der Waals surface area contributed by atoms with Gasteiger partial charge in [0.15, 0.2) is 0 Å². The van der Waals surface area contributed by atoms with Crippen molar-refractivity contribution >= 4 is 11.6 Å². The molecule has 0 bridgehead atoms. The van der Waals surface area contributed by atoms with E-state index in [1.54, 1.807) is 0 Å². The van der Waals surface area contributed by atoms with Crippen LogP contribution in [0.3, 0.4) is 0 Å². The summed E-state index contributed by atoms with van der Waals surface area (Å²) in [5.41, 5.74) is 4.05. The molecule has 1 N–H and O–H groups in total. The lowest BCUT2D eigenvalue weighted by Crippen LogP contribution is -2.23. The van der Waals surface area contributed by atoms with E-state index in [1.807, 2.05) is 12.1 Å². The minimum Gasteiger partial charge on any atom is -0.316 e. The van der Waals surface area contributed by atoms with Crippen LogP contribution in [0.15, 0.2) is 48.5 Å². The van der Waals surface area contributed by atoms with Gasteiger partial charge in [-0.05, 0) is 49.6 Å². The van der Waals surface area contributed by atoms with Crippen LogP contribution in [0.5, 0.6) is 0 Å². The highest BCUT2D eigenvalue weighted by Gasteiger charge is 2.12. The Morgan fingerprint density at radius 3 is 2.29 bits per heavy atom. The van der Waals surface area contributed by atoms with E-state index in [-0.39, 0.29) is 0 Å². The predicted octanol–water partition coefficient (Wildman–Crippen LogP) is 4.97. The summed E-state index contributed by atoms with van der Waals surface area (Å²) >= 11 is 6.01. The highest BCUT2D eigenvalue weighted by atomic mass is 35.5. The molecule has 2 aromatic rings. The number of halogens is 1. The molecule has 112 valence electrons. The van der Waals surface area contributed by atoms with Crippen molar-refractivity contribution in [2.45, 2.75) is 32.6 Å². The maximum absolute atomic E-state index is 6.01. The summed E-state index contributed by atoms with van der Waals surface area (Å²) < 4.78 is 0. The van der Waals surface area contributed by atoms with Gasteiger partial charge in [0.1, 0.15) is 0 Å². The van der Waals surface area contributed by atoms with Gasteiger partial charge in [-0.2, -0.15) is 0 Å². The van der Waals surface area contributed by atoms with Gasteiger partial charge < -0.3 is 5.32 Å². The van der Waals surface area contributed by atoms with Crippen LogP contribution in [-0.4, -0.2) is 13.1 Å².